The summed E-state index contributed by atoms with van der Waals surface area (Å²) < 4.78 is 27.9. The molecule has 1 atom stereocenters. The van der Waals surface area contributed by atoms with Gasteiger partial charge in [-0.15, -0.1) is 0 Å². The van der Waals surface area contributed by atoms with Gasteiger partial charge in [-0.3, -0.25) is 4.68 Å². The average Bonchev–Trinajstić information content (AvgIpc) is 2.88. The van der Waals surface area contributed by atoms with Gasteiger partial charge in [-0.05, 0) is 25.0 Å². The van der Waals surface area contributed by atoms with Crippen LogP contribution in [0.25, 0.3) is 0 Å². The summed E-state index contributed by atoms with van der Waals surface area (Å²) in [6, 6.07) is 2.88. The maximum Gasteiger partial charge on any atom is 0.315 e. The smallest absolute Gasteiger partial charge is 0.315 e. The van der Waals surface area contributed by atoms with E-state index >= 15 is 0 Å². The Bertz CT molecular complexity index is 657. The fourth-order valence-electron chi connectivity index (χ4n) is 2.03. The third-order valence-electron chi connectivity index (χ3n) is 3.27. The number of nitrogens with zero attached hydrogens (tertiary/aromatic N) is 2. The van der Waals surface area contributed by atoms with Crippen LogP contribution in [-0.2, 0) is 13.5 Å². The van der Waals surface area contributed by atoms with E-state index in [0.717, 1.165) is 11.6 Å². The van der Waals surface area contributed by atoms with Gasteiger partial charge in [-0.1, -0.05) is 6.07 Å². The molecule has 1 heterocycles. The molecule has 0 aliphatic rings. The quantitative estimate of drug-likeness (QED) is 0.890. The number of nitrogens with one attached hydrogen (secondary N) is 2. The van der Waals surface area contributed by atoms with E-state index in [1.807, 2.05) is 13.1 Å². The van der Waals surface area contributed by atoms with Gasteiger partial charge < -0.3 is 10.6 Å². The third kappa shape index (κ3) is 4.28. The van der Waals surface area contributed by atoms with Crippen LogP contribution >= 0.6 is 0 Å². The molecule has 0 aliphatic heterocycles. The third-order valence-corrected chi connectivity index (χ3v) is 3.27. The van der Waals surface area contributed by atoms with Gasteiger partial charge in [-0.2, -0.15) is 5.10 Å². The molecule has 118 valence electrons. The molecule has 0 saturated heterocycles. The van der Waals surface area contributed by atoms with Crippen LogP contribution < -0.4 is 10.6 Å². The van der Waals surface area contributed by atoms with Crippen molar-refractivity contribution in [1.29, 1.82) is 0 Å². The van der Waals surface area contributed by atoms with Gasteiger partial charge in [0.25, 0.3) is 0 Å². The average molecular weight is 308 g/mol. The van der Waals surface area contributed by atoms with Crippen molar-refractivity contribution < 1.29 is 13.6 Å². The summed E-state index contributed by atoms with van der Waals surface area (Å²) in [4.78, 5) is 11.8. The molecule has 22 heavy (non-hydrogen) atoms. The van der Waals surface area contributed by atoms with Gasteiger partial charge in [-0.25, -0.2) is 13.6 Å². The SMILES string of the molecule is C[C@H](NC(=O)NCCc1ccc(F)cc1F)c1cnn(C)c1. The van der Waals surface area contributed by atoms with Crippen molar-refractivity contribution >= 4 is 6.03 Å². The summed E-state index contributed by atoms with van der Waals surface area (Å²) in [6.45, 7) is 2.10. The second kappa shape index (κ2) is 7.02. The Hall–Kier alpha value is -2.44. The van der Waals surface area contributed by atoms with E-state index in [2.05, 4.69) is 15.7 Å². The Morgan fingerprint density at radius 1 is 1.41 bits per heavy atom. The van der Waals surface area contributed by atoms with Crippen LogP contribution in [0.5, 0.6) is 0 Å². The van der Waals surface area contributed by atoms with E-state index in [9.17, 15) is 13.6 Å². The molecule has 2 amide bonds. The van der Waals surface area contributed by atoms with Crippen LogP contribution in [0.1, 0.15) is 24.1 Å². The van der Waals surface area contributed by atoms with Crippen molar-refractivity contribution in [3.8, 4) is 0 Å². The van der Waals surface area contributed by atoms with Gasteiger partial charge in [0.2, 0.25) is 0 Å². The molecule has 2 aromatic rings. The molecule has 5 nitrogen and oxygen atoms in total. The highest BCUT2D eigenvalue weighted by Crippen LogP contribution is 2.11. The van der Waals surface area contributed by atoms with Crippen LogP contribution in [0.3, 0.4) is 0 Å². The molecule has 0 fully saturated rings. The Labute approximate surface area is 127 Å². The molecule has 2 N–H and O–H groups in total. The first kappa shape index (κ1) is 15.9. The zero-order chi connectivity index (χ0) is 16.1. The lowest BCUT2D eigenvalue weighted by Crippen LogP contribution is -2.38. The molecule has 0 radical (unpaired) electrons. The lowest BCUT2D eigenvalue weighted by Gasteiger charge is -2.13. The Morgan fingerprint density at radius 3 is 2.82 bits per heavy atom. The fourth-order valence-corrected chi connectivity index (χ4v) is 2.03. The summed E-state index contributed by atoms with van der Waals surface area (Å²) in [5.74, 6) is -1.22. The predicted molar refractivity (Wildman–Crippen MR) is 78.2 cm³/mol. The summed E-state index contributed by atoms with van der Waals surface area (Å²) >= 11 is 0. The number of aryl methyl sites for hydroxylation is 1. The van der Waals surface area contributed by atoms with Crippen molar-refractivity contribution in [2.75, 3.05) is 6.54 Å². The number of urea groups is 1. The number of aromatic nitrogens is 2. The van der Waals surface area contributed by atoms with Crippen molar-refractivity contribution in [3.63, 3.8) is 0 Å². The van der Waals surface area contributed by atoms with Crippen LogP contribution in [0.2, 0.25) is 0 Å². The molecule has 2 rings (SSSR count). The molecule has 1 aromatic carbocycles. The maximum atomic E-state index is 13.4. The van der Waals surface area contributed by atoms with Crippen molar-refractivity contribution in [3.05, 3.63) is 53.4 Å². The number of rotatable bonds is 5. The minimum atomic E-state index is -0.614. The van der Waals surface area contributed by atoms with E-state index in [-0.39, 0.29) is 18.6 Å². The first-order valence-corrected chi connectivity index (χ1v) is 6.92. The minimum Gasteiger partial charge on any atom is -0.338 e. The Morgan fingerprint density at radius 2 is 2.18 bits per heavy atom. The number of carbonyl (C=O) groups is 1. The van der Waals surface area contributed by atoms with Crippen LogP contribution in [-0.4, -0.2) is 22.4 Å². The number of hydrogen-bond donors (Lipinski definition) is 2. The molecule has 0 spiro atoms. The minimum absolute atomic E-state index is 0.184. The van der Waals surface area contributed by atoms with Crippen molar-refractivity contribution in [2.24, 2.45) is 7.05 Å². The number of carbonyl (C=O) groups excluding carboxylic acids is 1. The van der Waals surface area contributed by atoms with E-state index in [0.29, 0.717) is 12.0 Å². The lowest BCUT2D eigenvalue weighted by molar-refractivity contribution is 0.238. The van der Waals surface area contributed by atoms with Gasteiger partial charge in [0, 0.05) is 31.4 Å². The molecular formula is C15H18F2N4O. The molecule has 0 unspecified atom stereocenters. The first-order chi connectivity index (χ1) is 10.5. The molecule has 0 aliphatic carbocycles. The second-order valence-corrected chi connectivity index (χ2v) is 5.05. The summed E-state index contributed by atoms with van der Waals surface area (Å²) in [5.41, 5.74) is 1.25. The van der Waals surface area contributed by atoms with Gasteiger partial charge in [0.05, 0.1) is 12.2 Å². The zero-order valence-electron chi connectivity index (χ0n) is 12.4. The van der Waals surface area contributed by atoms with E-state index in [1.54, 1.807) is 17.9 Å². The highest BCUT2D eigenvalue weighted by molar-refractivity contribution is 5.74. The molecule has 0 bridgehead atoms. The predicted octanol–water partition coefficient (Wildman–Crippen LogP) is 2.30. The summed E-state index contributed by atoms with van der Waals surface area (Å²) in [7, 11) is 1.80. The Kier molecular flexibility index (Phi) is 5.08. The molecule has 7 heteroatoms. The number of hydrogen-bond acceptors (Lipinski definition) is 2. The topological polar surface area (TPSA) is 59.0 Å². The number of amides is 2. The maximum absolute atomic E-state index is 13.4. The fraction of sp³-hybridized carbons (Fsp3) is 0.333. The second-order valence-electron chi connectivity index (χ2n) is 5.05. The van der Waals surface area contributed by atoms with E-state index < -0.39 is 11.6 Å². The highest BCUT2D eigenvalue weighted by atomic mass is 19.1. The number of benzene rings is 1. The van der Waals surface area contributed by atoms with Crippen molar-refractivity contribution in [2.45, 2.75) is 19.4 Å². The molecule has 1 aromatic heterocycles. The Balaban J connectivity index is 1.78. The lowest BCUT2D eigenvalue weighted by atomic mass is 10.1. The van der Waals surface area contributed by atoms with Gasteiger partial charge in [0.1, 0.15) is 11.6 Å². The van der Waals surface area contributed by atoms with Crippen molar-refractivity contribution in [1.82, 2.24) is 20.4 Å². The van der Waals surface area contributed by atoms with Crippen LogP contribution in [0, 0.1) is 11.6 Å². The monoisotopic (exact) mass is 308 g/mol. The van der Waals surface area contributed by atoms with Crippen LogP contribution in [0.15, 0.2) is 30.6 Å². The normalized spacial score (nSPS) is 12.0. The first-order valence-electron chi connectivity index (χ1n) is 6.92. The van der Waals surface area contributed by atoms with Gasteiger partial charge in [0.15, 0.2) is 0 Å². The van der Waals surface area contributed by atoms with Gasteiger partial charge >= 0.3 is 6.03 Å². The van der Waals surface area contributed by atoms with E-state index in [4.69, 9.17) is 0 Å². The summed E-state index contributed by atoms with van der Waals surface area (Å²) in [5, 5.41) is 9.44. The summed E-state index contributed by atoms with van der Waals surface area (Å²) in [6.07, 6.45) is 3.79. The van der Waals surface area contributed by atoms with E-state index in [1.165, 1.54) is 12.1 Å². The zero-order valence-corrected chi connectivity index (χ0v) is 12.4. The standard InChI is InChI=1S/C15H18F2N4O/c1-10(12-8-19-21(2)9-12)20-15(22)18-6-5-11-3-4-13(16)7-14(11)17/h3-4,7-10H,5-6H2,1-2H3,(H2,18,20,22)/t10-/m0/s1. The number of halogens is 2. The molecule has 0 saturated carbocycles. The largest absolute Gasteiger partial charge is 0.338 e. The van der Waals surface area contributed by atoms with Crippen LogP contribution in [0.4, 0.5) is 13.6 Å². The molecular weight excluding hydrogens is 290 g/mol. The highest BCUT2D eigenvalue weighted by Gasteiger charge is 2.11.